The molecular weight excluding hydrogens is 252 g/mol. The fraction of sp³-hybridized carbons (Fsp3) is 0.188. The van der Waals surface area contributed by atoms with Crippen LogP contribution < -0.4 is 15.0 Å². The third kappa shape index (κ3) is 3.09. The highest BCUT2D eigenvalue weighted by atomic mass is 16.5. The number of benzene rings is 2. The molecule has 0 bridgehead atoms. The number of carbonyl (C=O) groups is 1. The Bertz CT molecular complexity index is 570. The number of carbonyl (C=O) groups excluding carboxylic acids is 1. The third-order valence-electron chi connectivity index (χ3n) is 3.05. The highest BCUT2D eigenvalue weighted by Gasteiger charge is 2.16. The Balaban J connectivity index is 2.31. The Labute approximate surface area is 119 Å². The molecule has 0 spiro atoms. The van der Waals surface area contributed by atoms with Crippen LogP contribution in [-0.4, -0.2) is 20.2 Å². The van der Waals surface area contributed by atoms with Crippen molar-refractivity contribution in [1.29, 1.82) is 0 Å². The van der Waals surface area contributed by atoms with Gasteiger partial charge in [-0.1, -0.05) is 36.4 Å². The van der Waals surface area contributed by atoms with E-state index in [1.165, 1.54) is 0 Å². The first kappa shape index (κ1) is 13.9. The first-order chi connectivity index (χ1) is 9.76. The number of rotatable bonds is 4. The summed E-state index contributed by atoms with van der Waals surface area (Å²) in [6.45, 7) is 0.452. The Morgan fingerprint density at radius 1 is 1.10 bits per heavy atom. The van der Waals surface area contributed by atoms with Crippen LogP contribution in [0.3, 0.4) is 0 Å². The molecule has 20 heavy (non-hydrogen) atoms. The number of anilines is 1. The second-order valence-electron chi connectivity index (χ2n) is 4.29. The van der Waals surface area contributed by atoms with Gasteiger partial charge in [0, 0.05) is 18.3 Å². The Morgan fingerprint density at radius 2 is 1.75 bits per heavy atom. The van der Waals surface area contributed by atoms with E-state index < -0.39 is 0 Å². The molecule has 4 nitrogen and oxygen atoms in total. The van der Waals surface area contributed by atoms with Gasteiger partial charge < -0.3 is 10.1 Å². The van der Waals surface area contributed by atoms with Crippen LogP contribution in [0.1, 0.15) is 5.56 Å². The van der Waals surface area contributed by atoms with Gasteiger partial charge in [0.15, 0.2) is 0 Å². The largest absolute Gasteiger partial charge is 0.496 e. The summed E-state index contributed by atoms with van der Waals surface area (Å²) in [5.74, 6) is 0.775. The van der Waals surface area contributed by atoms with E-state index >= 15 is 0 Å². The van der Waals surface area contributed by atoms with Crippen molar-refractivity contribution in [1.82, 2.24) is 5.32 Å². The van der Waals surface area contributed by atoms with Crippen LogP contribution in [0.4, 0.5) is 10.5 Å². The zero-order valence-corrected chi connectivity index (χ0v) is 11.7. The number of hydrogen-bond acceptors (Lipinski definition) is 2. The van der Waals surface area contributed by atoms with Crippen LogP contribution in [0.15, 0.2) is 54.6 Å². The highest BCUT2D eigenvalue weighted by Crippen LogP contribution is 2.23. The Kier molecular flexibility index (Phi) is 4.60. The molecule has 2 aromatic rings. The van der Waals surface area contributed by atoms with E-state index in [9.17, 15) is 4.79 Å². The van der Waals surface area contributed by atoms with E-state index in [0.717, 1.165) is 17.0 Å². The lowest BCUT2D eigenvalue weighted by molar-refractivity contribution is 0.248. The molecule has 0 aliphatic carbocycles. The summed E-state index contributed by atoms with van der Waals surface area (Å²) >= 11 is 0. The van der Waals surface area contributed by atoms with E-state index in [0.29, 0.717) is 6.54 Å². The van der Waals surface area contributed by atoms with Crippen LogP contribution in [0, 0.1) is 0 Å². The second-order valence-corrected chi connectivity index (χ2v) is 4.29. The predicted molar refractivity (Wildman–Crippen MR) is 80.1 cm³/mol. The van der Waals surface area contributed by atoms with Crippen LogP contribution in [-0.2, 0) is 6.54 Å². The fourth-order valence-electron chi connectivity index (χ4n) is 2.03. The third-order valence-corrected chi connectivity index (χ3v) is 3.05. The van der Waals surface area contributed by atoms with Crippen molar-refractivity contribution >= 4 is 11.7 Å². The van der Waals surface area contributed by atoms with Gasteiger partial charge in [-0.3, -0.25) is 4.90 Å². The maximum Gasteiger partial charge on any atom is 0.321 e. The van der Waals surface area contributed by atoms with Crippen LogP contribution in [0.2, 0.25) is 0 Å². The minimum absolute atomic E-state index is 0.151. The molecule has 2 rings (SSSR count). The summed E-state index contributed by atoms with van der Waals surface area (Å²) in [6.07, 6.45) is 0. The summed E-state index contributed by atoms with van der Waals surface area (Å²) in [4.78, 5) is 13.8. The Morgan fingerprint density at radius 3 is 2.40 bits per heavy atom. The lowest BCUT2D eigenvalue weighted by Gasteiger charge is -2.23. The molecule has 0 aliphatic rings. The topological polar surface area (TPSA) is 41.6 Å². The first-order valence-corrected chi connectivity index (χ1v) is 6.42. The maximum atomic E-state index is 12.1. The average molecular weight is 270 g/mol. The van der Waals surface area contributed by atoms with Crippen molar-refractivity contribution in [3.05, 3.63) is 60.2 Å². The zero-order valence-electron chi connectivity index (χ0n) is 11.7. The predicted octanol–water partition coefficient (Wildman–Crippen LogP) is 3.04. The first-order valence-electron chi connectivity index (χ1n) is 6.42. The van der Waals surface area contributed by atoms with Gasteiger partial charge >= 0.3 is 6.03 Å². The van der Waals surface area contributed by atoms with Crippen LogP contribution in [0.5, 0.6) is 5.75 Å². The molecule has 0 saturated heterocycles. The molecule has 0 aliphatic heterocycles. The molecule has 0 aromatic heterocycles. The Hall–Kier alpha value is -2.49. The molecule has 0 saturated carbocycles. The van der Waals surface area contributed by atoms with Crippen molar-refractivity contribution in [2.75, 3.05) is 19.1 Å². The van der Waals surface area contributed by atoms with Gasteiger partial charge in [-0.15, -0.1) is 0 Å². The number of amides is 2. The summed E-state index contributed by atoms with van der Waals surface area (Å²) in [7, 11) is 3.26. The lowest BCUT2D eigenvalue weighted by atomic mass is 10.1. The minimum atomic E-state index is -0.151. The lowest BCUT2D eigenvalue weighted by Crippen LogP contribution is -2.37. The highest BCUT2D eigenvalue weighted by molar-refractivity contribution is 5.91. The maximum absolute atomic E-state index is 12.1. The molecule has 1 N–H and O–H groups in total. The number of urea groups is 1. The van der Waals surface area contributed by atoms with Crippen molar-refractivity contribution in [2.24, 2.45) is 0 Å². The van der Waals surface area contributed by atoms with Crippen LogP contribution >= 0.6 is 0 Å². The smallest absolute Gasteiger partial charge is 0.321 e. The summed E-state index contributed by atoms with van der Waals surface area (Å²) in [5.41, 5.74) is 1.81. The molecule has 0 heterocycles. The van der Waals surface area contributed by atoms with Gasteiger partial charge in [0.1, 0.15) is 5.75 Å². The van der Waals surface area contributed by atoms with Gasteiger partial charge in [0.25, 0.3) is 0 Å². The van der Waals surface area contributed by atoms with Crippen molar-refractivity contribution < 1.29 is 9.53 Å². The molecule has 0 atom stereocenters. The van der Waals surface area contributed by atoms with Gasteiger partial charge in [0.2, 0.25) is 0 Å². The molecular formula is C16H18N2O2. The van der Waals surface area contributed by atoms with Gasteiger partial charge in [0.05, 0.1) is 13.7 Å². The number of nitrogens with one attached hydrogen (secondary N) is 1. The van der Waals surface area contributed by atoms with E-state index in [1.807, 2.05) is 54.6 Å². The number of nitrogens with zero attached hydrogens (tertiary/aromatic N) is 1. The van der Waals surface area contributed by atoms with Crippen molar-refractivity contribution in [3.63, 3.8) is 0 Å². The molecule has 104 valence electrons. The molecule has 0 radical (unpaired) electrons. The SMILES string of the molecule is CNC(=O)N(Cc1ccccc1OC)c1ccccc1. The van der Waals surface area contributed by atoms with E-state index in [-0.39, 0.29) is 6.03 Å². The minimum Gasteiger partial charge on any atom is -0.496 e. The normalized spacial score (nSPS) is 9.90. The van der Waals surface area contributed by atoms with E-state index in [2.05, 4.69) is 5.32 Å². The van der Waals surface area contributed by atoms with Crippen molar-refractivity contribution in [2.45, 2.75) is 6.54 Å². The summed E-state index contributed by atoms with van der Waals surface area (Å²) in [5, 5.41) is 2.67. The molecule has 2 amide bonds. The van der Waals surface area contributed by atoms with Gasteiger partial charge in [-0.2, -0.15) is 0 Å². The molecule has 0 unspecified atom stereocenters. The average Bonchev–Trinajstić information content (AvgIpc) is 2.53. The van der Waals surface area contributed by atoms with Gasteiger partial charge in [-0.05, 0) is 18.2 Å². The second kappa shape index (κ2) is 6.61. The molecule has 4 heteroatoms. The number of hydrogen-bond donors (Lipinski definition) is 1. The number of ether oxygens (including phenoxy) is 1. The molecule has 2 aromatic carbocycles. The monoisotopic (exact) mass is 270 g/mol. The summed E-state index contributed by atoms with van der Waals surface area (Å²) < 4.78 is 5.34. The van der Waals surface area contributed by atoms with Gasteiger partial charge in [-0.25, -0.2) is 4.79 Å². The number of methoxy groups -OCH3 is 1. The van der Waals surface area contributed by atoms with E-state index in [1.54, 1.807) is 19.1 Å². The standard InChI is InChI=1S/C16H18N2O2/c1-17-16(19)18(14-9-4-3-5-10-14)12-13-8-6-7-11-15(13)20-2/h3-11H,12H2,1-2H3,(H,17,19). The molecule has 0 fully saturated rings. The summed E-state index contributed by atoms with van der Waals surface area (Å²) in [6, 6.07) is 17.1. The fourth-order valence-corrected chi connectivity index (χ4v) is 2.03. The van der Waals surface area contributed by atoms with Crippen molar-refractivity contribution in [3.8, 4) is 5.75 Å². The zero-order chi connectivity index (χ0) is 14.4. The van der Waals surface area contributed by atoms with Crippen LogP contribution in [0.25, 0.3) is 0 Å². The number of para-hydroxylation sites is 2. The van der Waals surface area contributed by atoms with E-state index in [4.69, 9.17) is 4.74 Å². The quantitative estimate of drug-likeness (QED) is 0.927.